The fourth-order valence-corrected chi connectivity index (χ4v) is 3.30. The van der Waals surface area contributed by atoms with E-state index in [2.05, 4.69) is 5.32 Å². The minimum Gasteiger partial charge on any atom is -0.490 e. The molecule has 2 aromatic carbocycles. The number of sulfonamides is 1. The summed E-state index contributed by atoms with van der Waals surface area (Å²) in [6.45, 7) is 6.56. The molecule has 170 valence electrons. The Morgan fingerprint density at radius 2 is 1.61 bits per heavy atom. The summed E-state index contributed by atoms with van der Waals surface area (Å²) in [6.07, 6.45) is 1.13. The average Bonchev–Trinajstić information content (AvgIpc) is 2.73. The van der Waals surface area contributed by atoms with Gasteiger partial charge in [0.15, 0.2) is 18.1 Å². The SMILES string of the molecule is CCOc1ccc(C(C)NC(=O)COc2ccc(N(C)S(C)(=O)=O)cc2)cc1OCC. The van der Waals surface area contributed by atoms with Gasteiger partial charge in [0.2, 0.25) is 10.0 Å². The number of benzene rings is 2. The first-order chi connectivity index (χ1) is 14.7. The number of ether oxygens (including phenoxy) is 3. The molecule has 0 aliphatic rings. The molecular weight excluding hydrogens is 420 g/mol. The van der Waals surface area contributed by atoms with E-state index in [0.29, 0.717) is 36.1 Å². The largest absolute Gasteiger partial charge is 0.490 e. The summed E-state index contributed by atoms with van der Waals surface area (Å²) in [5, 5.41) is 2.89. The molecule has 1 N–H and O–H groups in total. The number of carbonyl (C=O) groups excluding carboxylic acids is 1. The third-order valence-electron chi connectivity index (χ3n) is 4.51. The van der Waals surface area contributed by atoms with Crippen molar-refractivity contribution in [1.82, 2.24) is 5.32 Å². The van der Waals surface area contributed by atoms with Crippen LogP contribution in [0.25, 0.3) is 0 Å². The predicted octanol–water partition coefficient (Wildman–Crippen LogP) is 3.14. The van der Waals surface area contributed by atoms with Crippen LogP contribution in [0.4, 0.5) is 5.69 Å². The fourth-order valence-electron chi connectivity index (χ4n) is 2.80. The van der Waals surface area contributed by atoms with Gasteiger partial charge in [0.25, 0.3) is 5.91 Å². The van der Waals surface area contributed by atoms with Crippen molar-refractivity contribution >= 4 is 21.6 Å². The summed E-state index contributed by atoms with van der Waals surface area (Å²) in [7, 11) is -1.87. The van der Waals surface area contributed by atoms with E-state index in [1.165, 1.54) is 11.4 Å². The maximum Gasteiger partial charge on any atom is 0.258 e. The van der Waals surface area contributed by atoms with Gasteiger partial charge >= 0.3 is 0 Å². The van der Waals surface area contributed by atoms with Gasteiger partial charge in [-0.15, -0.1) is 0 Å². The van der Waals surface area contributed by atoms with E-state index in [4.69, 9.17) is 14.2 Å². The van der Waals surface area contributed by atoms with Crippen LogP contribution in [0.2, 0.25) is 0 Å². The molecule has 2 aromatic rings. The molecule has 0 heterocycles. The van der Waals surface area contributed by atoms with E-state index in [0.717, 1.165) is 11.8 Å². The number of rotatable bonds is 11. The number of hydrogen-bond donors (Lipinski definition) is 1. The molecule has 1 amide bonds. The monoisotopic (exact) mass is 450 g/mol. The first-order valence-electron chi connectivity index (χ1n) is 10.0. The smallest absolute Gasteiger partial charge is 0.258 e. The Kier molecular flexibility index (Phi) is 8.56. The van der Waals surface area contributed by atoms with Crippen LogP contribution < -0.4 is 23.8 Å². The quantitative estimate of drug-likeness (QED) is 0.565. The Morgan fingerprint density at radius 1 is 1.00 bits per heavy atom. The number of anilines is 1. The third kappa shape index (κ3) is 7.06. The van der Waals surface area contributed by atoms with Gasteiger partial charge in [-0.25, -0.2) is 8.42 Å². The first kappa shape index (κ1) is 24.3. The number of carbonyl (C=O) groups is 1. The maximum atomic E-state index is 12.3. The first-order valence-corrected chi connectivity index (χ1v) is 11.9. The number of nitrogens with zero attached hydrogens (tertiary/aromatic N) is 1. The zero-order chi connectivity index (χ0) is 23.0. The summed E-state index contributed by atoms with van der Waals surface area (Å²) in [6, 6.07) is 11.8. The molecule has 1 unspecified atom stereocenters. The fraction of sp³-hybridized carbons (Fsp3) is 0.409. The lowest BCUT2D eigenvalue weighted by Gasteiger charge is -2.18. The van der Waals surface area contributed by atoms with Crippen LogP contribution in [0.15, 0.2) is 42.5 Å². The highest BCUT2D eigenvalue weighted by Crippen LogP contribution is 2.30. The van der Waals surface area contributed by atoms with Gasteiger partial charge in [0, 0.05) is 7.05 Å². The number of amides is 1. The van der Waals surface area contributed by atoms with Crippen molar-refractivity contribution in [2.45, 2.75) is 26.8 Å². The van der Waals surface area contributed by atoms with E-state index in [1.54, 1.807) is 24.3 Å². The molecule has 9 heteroatoms. The van der Waals surface area contributed by atoms with Crippen molar-refractivity contribution in [2.75, 3.05) is 37.4 Å². The Balaban J connectivity index is 1.94. The second-order valence-electron chi connectivity index (χ2n) is 6.87. The topological polar surface area (TPSA) is 94.2 Å². The normalized spacial score (nSPS) is 12.0. The summed E-state index contributed by atoms with van der Waals surface area (Å²) in [5.74, 6) is 1.49. The van der Waals surface area contributed by atoms with Crippen molar-refractivity contribution in [2.24, 2.45) is 0 Å². The summed E-state index contributed by atoms with van der Waals surface area (Å²) in [5.41, 5.74) is 1.39. The Bertz CT molecular complexity index is 976. The van der Waals surface area contributed by atoms with Crippen molar-refractivity contribution in [3.05, 3.63) is 48.0 Å². The standard InChI is InChI=1S/C22H30N2O6S/c1-6-28-20-13-8-17(14-21(20)29-7-2)16(3)23-22(25)15-30-19-11-9-18(10-12-19)24(4)31(5,26)27/h8-14,16H,6-7,15H2,1-5H3,(H,23,25). The minimum atomic E-state index is -3.34. The van der Waals surface area contributed by atoms with Crippen LogP contribution in [0, 0.1) is 0 Å². The molecule has 0 spiro atoms. The van der Waals surface area contributed by atoms with Crippen molar-refractivity contribution in [3.8, 4) is 17.2 Å². The molecule has 0 aliphatic heterocycles. The van der Waals surface area contributed by atoms with Gasteiger partial charge in [-0.2, -0.15) is 0 Å². The van der Waals surface area contributed by atoms with Crippen LogP contribution in [0.3, 0.4) is 0 Å². The Hall–Kier alpha value is -2.94. The zero-order valence-corrected chi connectivity index (χ0v) is 19.4. The van der Waals surface area contributed by atoms with E-state index in [-0.39, 0.29) is 18.6 Å². The highest BCUT2D eigenvalue weighted by molar-refractivity contribution is 7.92. The molecule has 0 saturated carbocycles. The molecule has 31 heavy (non-hydrogen) atoms. The van der Waals surface area contributed by atoms with Crippen LogP contribution in [-0.2, 0) is 14.8 Å². The molecule has 8 nitrogen and oxygen atoms in total. The van der Waals surface area contributed by atoms with Crippen molar-refractivity contribution < 1.29 is 27.4 Å². The lowest BCUT2D eigenvalue weighted by molar-refractivity contribution is -0.123. The highest BCUT2D eigenvalue weighted by atomic mass is 32.2. The second-order valence-corrected chi connectivity index (χ2v) is 8.89. The van der Waals surface area contributed by atoms with Gasteiger partial charge in [-0.1, -0.05) is 6.07 Å². The highest BCUT2D eigenvalue weighted by Gasteiger charge is 2.15. The maximum absolute atomic E-state index is 12.3. The summed E-state index contributed by atoms with van der Waals surface area (Å²) < 4.78 is 41.1. The van der Waals surface area contributed by atoms with E-state index in [9.17, 15) is 13.2 Å². The van der Waals surface area contributed by atoms with E-state index >= 15 is 0 Å². The molecule has 1 atom stereocenters. The average molecular weight is 451 g/mol. The third-order valence-corrected chi connectivity index (χ3v) is 5.72. The second kappa shape index (κ2) is 10.9. The summed E-state index contributed by atoms with van der Waals surface area (Å²) in [4.78, 5) is 12.3. The Labute approximate surface area is 184 Å². The Morgan fingerprint density at radius 3 is 2.19 bits per heavy atom. The predicted molar refractivity (Wildman–Crippen MR) is 121 cm³/mol. The molecular formula is C22H30N2O6S. The lowest BCUT2D eigenvalue weighted by atomic mass is 10.1. The molecule has 0 radical (unpaired) electrons. The molecule has 2 rings (SSSR count). The van der Waals surface area contributed by atoms with Gasteiger partial charge in [0.1, 0.15) is 5.75 Å². The van der Waals surface area contributed by atoms with E-state index in [1.807, 2.05) is 39.0 Å². The van der Waals surface area contributed by atoms with Gasteiger partial charge in [-0.05, 0) is 62.7 Å². The number of hydrogen-bond acceptors (Lipinski definition) is 6. The summed E-state index contributed by atoms with van der Waals surface area (Å²) >= 11 is 0. The molecule has 0 aromatic heterocycles. The lowest BCUT2D eigenvalue weighted by Crippen LogP contribution is -2.31. The number of nitrogens with one attached hydrogen (secondary N) is 1. The van der Waals surface area contributed by atoms with Crippen LogP contribution >= 0.6 is 0 Å². The molecule has 0 fully saturated rings. The van der Waals surface area contributed by atoms with Crippen LogP contribution in [0.1, 0.15) is 32.4 Å². The molecule has 0 bridgehead atoms. The van der Waals surface area contributed by atoms with Gasteiger partial charge in [0.05, 0.1) is 31.2 Å². The zero-order valence-electron chi connectivity index (χ0n) is 18.5. The van der Waals surface area contributed by atoms with Crippen LogP contribution in [-0.4, -0.2) is 47.4 Å². The van der Waals surface area contributed by atoms with Crippen molar-refractivity contribution in [3.63, 3.8) is 0 Å². The van der Waals surface area contributed by atoms with E-state index < -0.39 is 10.0 Å². The molecule has 0 aliphatic carbocycles. The minimum absolute atomic E-state index is 0.166. The van der Waals surface area contributed by atoms with Gasteiger partial charge < -0.3 is 19.5 Å². The van der Waals surface area contributed by atoms with Crippen molar-refractivity contribution in [1.29, 1.82) is 0 Å². The molecule has 0 saturated heterocycles. The van der Waals surface area contributed by atoms with Crippen LogP contribution in [0.5, 0.6) is 17.2 Å². The van der Waals surface area contributed by atoms with Gasteiger partial charge in [-0.3, -0.25) is 9.10 Å².